The second kappa shape index (κ2) is 5.34. The van der Waals surface area contributed by atoms with Crippen molar-refractivity contribution in [2.75, 3.05) is 0 Å². The highest BCUT2D eigenvalue weighted by molar-refractivity contribution is 5.86. The van der Waals surface area contributed by atoms with E-state index in [1.54, 1.807) is 0 Å². The van der Waals surface area contributed by atoms with E-state index >= 15 is 0 Å². The molecule has 1 atom stereocenters. The molecule has 1 aliphatic rings. The monoisotopic (exact) mass is 300 g/mol. The van der Waals surface area contributed by atoms with Crippen molar-refractivity contribution in [3.05, 3.63) is 35.5 Å². The van der Waals surface area contributed by atoms with E-state index in [1.165, 1.54) is 22.2 Å². The van der Waals surface area contributed by atoms with Crippen LogP contribution in [0.2, 0.25) is 0 Å². The summed E-state index contributed by atoms with van der Waals surface area (Å²) >= 11 is 0. The van der Waals surface area contributed by atoms with Gasteiger partial charge in [0.15, 0.2) is 0 Å². The Morgan fingerprint density at radius 3 is 2.77 bits per heavy atom. The molecular weight excluding hydrogens is 276 g/mol. The van der Waals surface area contributed by atoms with E-state index in [0.29, 0.717) is 0 Å². The maximum absolute atomic E-state index is 12.0. The van der Waals surface area contributed by atoms with Gasteiger partial charge in [0.25, 0.3) is 0 Å². The normalized spacial score (nSPS) is 18.1. The zero-order chi connectivity index (χ0) is 15.9. The molecule has 0 bridgehead atoms. The number of nitrogens with one attached hydrogen (secondary N) is 1. The van der Waals surface area contributed by atoms with Crippen molar-refractivity contribution in [2.24, 2.45) is 7.05 Å². The molecule has 0 aliphatic heterocycles. The molecule has 0 saturated carbocycles. The van der Waals surface area contributed by atoms with Gasteiger partial charge in [-0.25, -0.2) is 4.79 Å². The van der Waals surface area contributed by atoms with Gasteiger partial charge in [-0.05, 0) is 51.7 Å². The number of hydrogen-bond donors (Lipinski definition) is 1. The van der Waals surface area contributed by atoms with Crippen molar-refractivity contribution in [1.82, 2.24) is 9.88 Å². The second-order valence-corrected chi connectivity index (χ2v) is 7.09. The quantitative estimate of drug-likeness (QED) is 0.875. The number of amides is 1. The number of hydrogen-bond acceptors (Lipinski definition) is 2. The van der Waals surface area contributed by atoms with Gasteiger partial charge in [0.2, 0.25) is 0 Å². The van der Waals surface area contributed by atoms with Crippen molar-refractivity contribution < 1.29 is 9.53 Å². The van der Waals surface area contributed by atoms with Crippen LogP contribution in [0.4, 0.5) is 4.79 Å². The maximum Gasteiger partial charge on any atom is 0.407 e. The van der Waals surface area contributed by atoms with E-state index in [1.807, 2.05) is 20.8 Å². The van der Waals surface area contributed by atoms with Crippen molar-refractivity contribution in [3.8, 4) is 0 Å². The lowest BCUT2D eigenvalue weighted by molar-refractivity contribution is 0.0500. The third-order valence-corrected chi connectivity index (χ3v) is 4.24. The molecule has 1 heterocycles. The topological polar surface area (TPSA) is 43.3 Å². The smallest absolute Gasteiger partial charge is 0.407 e. The summed E-state index contributed by atoms with van der Waals surface area (Å²) in [5.41, 5.74) is 3.57. The summed E-state index contributed by atoms with van der Waals surface area (Å²) in [6.07, 6.45) is 2.49. The number of carbonyl (C=O) groups is 1. The fraction of sp³-hybridized carbons (Fsp3) is 0.500. The average Bonchev–Trinajstić information content (AvgIpc) is 2.71. The molecule has 4 heteroatoms. The van der Waals surface area contributed by atoms with Gasteiger partial charge >= 0.3 is 6.09 Å². The molecule has 1 aromatic carbocycles. The summed E-state index contributed by atoms with van der Waals surface area (Å²) < 4.78 is 7.65. The molecule has 1 amide bonds. The van der Waals surface area contributed by atoms with Crippen LogP contribution in [0, 0.1) is 0 Å². The number of rotatable bonds is 1. The minimum atomic E-state index is -0.455. The Bertz CT molecular complexity index is 710. The first kappa shape index (κ1) is 14.9. The van der Waals surface area contributed by atoms with Crippen LogP contribution >= 0.6 is 0 Å². The molecule has 1 N–H and O–H groups in total. The van der Waals surface area contributed by atoms with Crippen molar-refractivity contribution in [1.29, 1.82) is 0 Å². The van der Waals surface area contributed by atoms with Gasteiger partial charge in [0.05, 0.1) is 0 Å². The van der Waals surface area contributed by atoms with E-state index in [-0.39, 0.29) is 12.1 Å². The second-order valence-electron chi connectivity index (χ2n) is 7.09. The Kier molecular flexibility index (Phi) is 3.63. The number of aromatic nitrogens is 1. The number of ether oxygens (including phenoxy) is 1. The Hall–Kier alpha value is -1.97. The summed E-state index contributed by atoms with van der Waals surface area (Å²) in [6.45, 7) is 5.66. The third kappa shape index (κ3) is 2.82. The van der Waals surface area contributed by atoms with Gasteiger partial charge in [-0.2, -0.15) is 0 Å². The summed E-state index contributed by atoms with van der Waals surface area (Å²) in [7, 11) is 2.13. The number of benzene rings is 1. The van der Waals surface area contributed by atoms with Crippen LogP contribution in [0.5, 0.6) is 0 Å². The highest BCUT2D eigenvalue weighted by atomic mass is 16.6. The van der Waals surface area contributed by atoms with E-state index in [0.717, 1.165) is 19.3 Å². The Labute approximate surface area is 131 Å². The summed E-state index contributed by atoms with van der Waals surface area (Å²) in [4.78, 5) is 12.0. The van der Waals surface area contributed by atoms with E-state index in [4.69, 9.17) is 4.74 Å². The van der Waals surface area contributed by atoms with Crippen molar-refractivity contribution in [3.63, 3.8) is 0 Å². The Morgan fingerprint density at radius 1 is 1.32 bits per heavy atom. The molecule has 118 valence electrons. The SMILES string of the molecule is Cn1c2c(c3ccccc31)CC(NC(=O)OC(C)(C)C)CC2. The zero-order valence-corrected chi connectivity index (χ0v) is 13.8. The first-order chi connectivity index (χ1) is 10.3. The number of nitrogens with zero attached hydrogens (tertiary/aromatic N) is 1. The molecule has 0 radical (unpaired) electrons. The summed E-state index contributed by atoms with van der Waals surface area (Å²) in [5.74, 6) is 0. The zero-order valence-electron chi connectivity index (χ0n) is 13.8. The molecule has 4 nitrogen and oxygen atoms in total. The van der Waals surface area contributed by atoms with E-state index in [2.05, 4.69) is 41.2 Å². The van der Waals surface area contributed by atoms with Crippen LogP contribution < -0.4 is 5.32 Å². The molecule has 0 spiro atoms. The van der Waals surface area contributed by atoms with Gasteiger partial charge < -0.3 is 14.6 Å². The molecular formula is C18H24N2O2. The number of carbonyl (C=O) groups excluding carboxylic acids is 1. The van der Waals surface area contributed by atoms with Crippen LogP contribution in [0.1, 0.15) is 38.4 Å². The number of para-hydroxylation sites is 1. The molecule has 0 fully saturated rings. The fourth-order valence-corrected chi connectivity index (χ4v) is 3.33. The Morgan fingerprint density at radius 2 is 2.05 bits per heavy atom. The number of alkyl carbamates (subject to hydrolysis) is 1. The lowest BCUT2D eigenvalue weighted by Crippen LogP contribution is -2.41. The van der Waals surface area contributed by atoms with Gasteiger partial charge in [0.1, 0.15) is 5.60 Å². The van der Waals surface area contributed by atoms with E-state index in [9.17, 15) is 4.79 Å². The van der Waals surface area contributed by atoms with Crippen molar-refractivity contribution in [2.45, 2.75) is 51.7 Å². The fourth-order valence-electron chi connectivity index (χ4n) is 3.33. The van der Waals surface area contributed by atoms with Crippen LogP contribution in [0.25, 0.3) is 10.9 Å². The van der Waals surface area contributed by atoms with Gasteiger partial charge in [-0.1, -0.05) is 18.2 Å². The largest absolute Gasteiger partial charge is 0.444 e. The summed E-state index contributed by atoms with van der Waals surface area (Å²) in [5, 5.41) is 4.32. The molecule has 1 aromatic heterocycles. The van der Waals surface area contributed by atoms with Crippen LogP contribution in [0.15, 0.2) is 24.3 Å². The van der Waals surface area contributed by atoms with Crippen LogP contribution in [-0.2, 0) is 24.6 Å². The standard InChI is InChI=1S/C18H24N2O2/c1-18(2,3)22-17(21)19-12-9-10-16-14(11-12)13-7-5-6-8-15(13)20(16)4/h5-8,12H,9-11H2,1-4H3,(H,19,21). The minimum absolute atomic E-state index is 0.146. The number of aryl methyl sites for hydroxylation is 1. The number of fused-ring (bicyclic) bond motifs is 3. The average molecular weight is 300 g/mol. The first-order valence-corrected chi connectivity index (χ1v) is 7.90. The van der Waals surface area contributed by atoms with Crippen molar-refractivity contribution >= 4 is 17.0 Å². The van der Waals surface area contributed by atoms with Gasteiger partial charge in [0, 0.05) is 29.7 Å². The predicted molar refractivity (Wildman–Crippen MR) is 88.1 cm³/mol. The first-order valence-electron chi connectivity index (χ1n) is 7.90. The predicted octanol–water partition coefficient (Wildman–Crippen LogP) is 3.56. The molecule has 22 heavy (non-hydrogen) atoms. The highest BCUT2D eigenvalue weighted by Crippen LogP contribution is 2.31. The van der Waals surface area contributed by atoms with Gasteiger partial charge in [-0.3, -0.25) is 0 Å². The molecule has 0 saturated heterocycles. The lowest BCUT2D eigenvalue weighted by Gasteiger charge is -2.26. The minimum Gasteiger partial charge on any atom is -0.444 e. The molecule has 3 rings (SSSR count). The molecule has 1 unspecified atom stereocenters. The van der Waals surface area contributed by atoms with Crippen LogP contribution in [-0.4, -0.2) is 22.3 Å². The van der Waals surface area contributed by atoms with Gasteiger partial charge in [-0.15, -0.1) is 0 Å². The highest BCUT2D eigenvalue weighted by Gasteiger charge is 2.26. The molecule has 2 aromatic rings. The lowest BCUT2D eigenvalue weighted by atomic mass is 9.91. The maximum atomic E-state index is 12.0. The Balaban J connectivity index is 1.79. The van der Waals surface area contributed by atoms with E-state index < -0.39 is 5.60 Å². The van der Waals surface area contributed by atoms with Crippen LogP contribution in [0.3, 0.4) is 0 Å². The molecule has 1 aliphatic carbocycles. The summed E-state index contributed by atoms with van der Waals surface area (Å²) in [6, 6.07) is 8.62. The third-order valence-electron chi connectivity index (χ3n) is 4.24.